The minimum atomic E-state index is -0.461. The van der Waals surface area contributed by atoms with Crippen LogP contribution >= 0.6 is 0 Å². The Morgan fingerprint density at radius 1 is 1.14 bits per heavy atom. The fraction of sp³-hybridized carbons (Fsp3) is 0.190. The lowest BCUT2D eigenvalue weighted by atomic mass is 10.1. The molecule has 0 saturated heterocycles. The lowest BCUT2D eigenvalue weighted by molar-refractivity contribution is 0.0599. The Morgan fingerprint density at radius 2 is 1.89 bits per heavy atom. The molecule has 2 heterocycles. The number of pyridine rings is 1. The second-order valence-electron chi connectivity index (χ2n) is 6.09. The highest BCUT2D eigenvalue weighted by Crippen LogP contribution is 2.25. The summed E-state index contributed by atoms with van der Waals surface area (Å²) in [5, 5.41) is 2.83. The van der Waals surface area contributed by atoms with E-state index in [1.165, 1.54) is 7.11 Å². The second-order valence-corrected chi connectivity index (χ2v) is 6.09. The summed E-state index contributed by atoms with van der Waals surface area (Å²) in [7, 11) is 1.32. The van der Waals surface area contributed by atoms with E-state index >= 15 is 0 Å². The number of anilines is 1. The standard InChI is InChI=1S/C21H21N3O4/c1-4-17-18(21(26)27-3)13(2)19(24-17)20(25)23-14-6-5-7-16(12-14)28-15-8-10-22-11-9-15/h5-12,24H,4H2,1-3H3,(H,23,25). The third kappa shape index (κ3) is 4.03. The number of aromatic nitrogens is 2. The monoisotopic (exact) mass is 379 g/mol. The molecule has 0 atom stereocenters. The zero-order chi connectivity index (χ0) is 20.1. The molecule has 0 aliphatic carbocycles. The maximum absolute atomic E-state index is 12.8. The molecule has 144 valence electrons. The van der Waals surface area contributed by atoms with Crippen LogP contribution in [0.5, 0.6) is 11.5 Å². The van der Waals surface area contributed by atoms with Gasteiger partial charge in [-0.15, -0.1) is 0 Å². The van der Waals surface area contributed by atoms with E-state index in [0.717, 1.165) is 0 Å². The molecule has 0 aliphatic heterocycles. The van der Waals surface area contributed by atoms with Crippen LogP contribution in [-0.2, 0) is 11.2 Å². The van der Waals surface area contributed by atoms with Crippen LogP contribution in [0.1, 0.15) is 39.0 Å². The third-order valence-corrected chi connectivity index (χ3v) is 4.28. The van der Waals surface area contributed by atoms with Crippen molar-refractivity contribution in [3.8, 4) is 11.5 Å². The first-order valence-corrected chi connectivity index (χ1v) is 8.82. The summed E-state index contributed by atoms with van der Waals surface area (Å²) in [4.78, 5) is 31.8. The van der Waals surface area contributed by atoms with E-state index in [1.54, 1.807) is 55.7 Å². The Balaban J connectivity index is 1.81. The number of carbonyl (C=O) groups is 2. The first-order chi connectivity index (χ1) is 13.5. The molecular weight excluding hydrogens is 358 g/mol. The van der Waals surface area contributed by atoms with E-state index in [9.17, 15) is 9.59 Å². The van der Waals surface area contributed by atoms with Crippen molar-refractivity contribution in [3.05, 3.63) is 71.3 Å². The molecular formula is C21H21N3O4. The van der Waals surface area contributed by atoms with Gasteiger partial charge in [-0.2, -0.15) is 0 Å². The van der Waals surface area contributed by atoms with Crippen LogP contribution in [0, 0.1) is 6.92 Å². The van der Waals surface area contributed by atoms with Gasteiger partial charge < -0.3 is 19.8 Å². The van der Waals surface area contributed by atoms with Gasteiger partial charge in [0, 0.05) is 29.8 Å². The molecule has 0 radical (unpaired) electrons. The zero-order valence-corrected chi connectivity index (χ0v) is 15.9. The lowest BCUT2D eigenvalue weighted by Gasteiger charge is -2.09. The quantitative estimate of drug-likeness (QED) is 0.629. The SMILES string of the molecule is CCc1[nH]c(C(=O)Nc2cccc(Oc3ccncc3)c2)c(C)c1C(=O)OC. The van der Waals surface area contributed by atoms with Crippen LogP contribution in [0.3, 0.4) is 0 Å². The van der Waals surface area contributed by atoms with Crippen molar-refractivity contribution in [2.45, 2.75) is 20.3 Å². The third-order valence-electron chi connectivity index (χ3n) is 4.28. The molecule has 7 nitrogen and oxygen atoms in total. The average molecular weight is 379 g/mol. The predicted octanol–water partition coefficient (Wildman–Crippen LogP) is 4.11. The molecule has 0 aliphatic rings. The summed E-state index contributed by atoms with van der Waals surface area (Å²) in [5.41, 5.74) is 2.54. The molecule has 2 N–H and O–H groups in total. The van der Waals surface area contributed by atoms with E-state index < -0.39 is 5.97 Å². The zero-order valence-electron chi connectivity index (χ0n) is 15.9. The number of carbonyl (C=O) groups excluding carboxylic acids is 2. The Morgan fingerprint density at radius 3 is 2.57 bits per heavy atom. The normalized spacial score (nSPS) is 10.4. The van der Waals surface area contributed by atoms with E-state index in [2.05, 4.69) is 15.3 Å². The Bertz CT molecular complexity index is 996. The summed E-state index contributed by atoms with van der Waals surface area (Å²) in [6, 6.07) is 10.5. The Kier molecular flexibility index (Phi) is 5.74. The van der Waals surface area contributed by atoms with Gasteiger partial charge in [0.15, 0.2) is 0 Å². The van der Waals surface area contributed by atoms with Gasteiger partial charge in [0.05, 0.1) is 12.7 Å². The number of esters is 1. The van der Waals surface area contributed by atoms with Gasteiger partial charge in [-0.05, 0) is 43.2 Å². The van der Waals surface area contributed by atoms with Crippen molar-refractivity contribution in [1.29, 1.82) is 0 Å². The molecule has 3 aromatic rings. The van der Waals surface area contributed by atoms with Crippen molar-refractivity contribution in [2.75, 3.05) is 12.4 Å². The first kappa shape index (κ1) is 19.2. The molecule has 28 heavy (non-hydrogen) atoms. The van der Waals surface area contributed by atoms with Crippen LogP contribution in [0.2, 0.25) is 0 Å². The molecule has 0 fully saturated rings. The van der Waals surface area contributed by atoms with Crippen molar-refractivity contribution >= 4 is 17.6 Å². The van der Waals surface area contributed by atoms with Gasteiger partial charge in [0.25, 0.3) is 5.91 Å². The smallest absolute Gasteiger partial charge is 0.339 e. The number of benzene rings is 1. The number of aryl methyl sites for hydroxylation is 1. The molecule has 0 bridgehead atoms. The number of nitrogens with one attached hydrogen (secondary N) is 2. The summed E-state index contributed by atoms with van der Waals surface area (Å²) in [6.45, 7) is 3.62. The number of hydrogen-bond donors (Lipinski definition) is 2. The van der Waals surface area contributed by atoms with Crippen molar-refractivity contribution in [1.82, 2.24) is 9.97 Å². The minimum absolute atomic E-state index is 0.331. The van der Waals surface area contributed by atoms with Crippen LogP contribution in [-0.4, -0.2) is 29.0 Å². The first-order valence-electron chi connectivity index (χ1n) is 8.82. The maximum Gasteiger partial charge on any atom is 0.339 e. The molecule has 0 saturated carbocycles. The molecule has 2 aromatic heterocycles. The fourth-order valence-electron chi connectivity index (χ4n) is 2.90. The van der Waals surface area contributed by atoms with E-state index in [-0.39, 0.29) is 5.91 Å². The van der Waals surface area contributed by atoms with Gasteiger partial charge >= 0.3 is 5.97 Å². The fourth-order valence-corrected chi connectivity index (χ4v) is 2.90. The van der Waals surface area contributed by atoms with Crippen molar-refractivity contribution in [3.63, 3.8) is 0 Å². The number of aromatic amines is 1. The van der Waals surface area contributed by atoms with Gasteiger partial charge in [-0.3, -0.25) is 9.78 Å². The minimum Gasteiger partial charge on any atom is -0.465 e. The van der Waals surface area contributed by atoms with Gasteiger partial charge in [0.2, 0.25) is 0 Å². The van der Waals surface area contributed by atoms with Crippen molar-refractivity contribution < 1.29 is 19.1 Å². The van der Waals surface area contributed by atoms with Crippen molar-refractivity contribution in [2.24, 2.45) is 0 Å². The number of H-pyrrole nitrogens is 1. The number of hydrogen-bond acceptors (Lipinski definition) is 5. The van der Waals surface area contributed by atoms with Gasteiger partial charge in [-0.25, -0.2) is 4.79 Å². The molecule has 0 spiro atoms. The topological polar surface area (TPSA) is 93.3 Å². The van der Waals surface area contributed by atoms with Gasteiger partial charge in [-0.1, -0.05) is 13.0 Å². The number of ether oxygens (including phenoxy) is 2. The molecule has 7 heteroatoms. The lowest BCUT2D eigenvalue weighted by Crippen LogP contribution is -2.14. The van der Waals surface area contributed by atoms with E-state index in [1.807, 2.05) is 6.92 Å². The average Bonchev–Trinajstić information content (AvgIpc) is 3.05. The predicted molar refractivity (Wildman–Crippen MR) is 105 cm³/mol. The highest BCUT2D eigenvalue weighted by atomic mass is 16.5. The summed E-state index contributed by atoms with van der Waals surface area (Å²) in [5.74, 6) is 0.423. The summed E-state index contributed by atoms with van der Waals surface area (Å²) < 4.78 is 10.6. The second kappa shape index (κ2) is 8.39. The van der Waals surface area contributed by atoms with Crippen LogP contribution in [0.15, 0.2) is 48.8 Å². The molecule has 1 aromatic carbocycles. The van der Waals surface area contributed by atoms with E-state index in [4.69, 9.17) is 9.47 Å². The van der Waals surface area contributed by atoms with E-state index in [0.29, 0.717) is 46.1 Å². The Labute approximate surface area is 162 Å². The molecule has 1 amide bonds. The summed E-state index contributed by atoms with van der Waals surface area (Å²) >= 11 is 0. The molecule has 0 unspecified atom stereocenters. The summed E-state index contributed by atoms with van der Waals surface area (Å²) in [6.07, 6.45) is 3.85. The number of nitrogens with zero attached hydrogens (tertiary/aromatic N) is 1. The number of rotatable bonds is 6. The van der Waals surface area contributed by atoms with Crippen LogP contribution < -0.4 is 10.1 Å². The highest BCUT2D eigenvalue weighted by Gasteiger charge is 2.23. The van der Waals surface area contributed by atoms with Gasteiger partial charge in [0.1, 0.15) is 17.2 Å². The number of amides is 1. The molecule has 3 rings (SSSR count). The largest absolute Gasteiger partial charge is 0.465 e. The number of methoxy groups -OCH3 is 1. The highest BCUT2D eigenvalue weighted by molar-refractivity contribution is 6.06. The maximum atomic E-state index is 12.8. The Hall–Kier alpha value is -3.61. The van der Waals surface area contributed by atoms with Crippen LogP contribution in [0.25, 0.3) is 0 Å². The van der Waals surface area contributed by atoms with Crippen LogP contribution in [0.4, 0.5) is 5.69 Å².